The van der Waals surface area contributed by atoms with Gasteiger partial charge >= 0.3 is 0 Å². The summed E-state index contributed by atoms with van der Waals surface area (Å²) in [6, 6.07) is 0. The molecule has 0 N–H and O–H groups in total. The highest BCUT2D eigenvalue weighted by Gasteiger charge is 2.56. The fraction of sp³-hybridized carbons (Fsp3) is 0.789. The monoisotopic (exact) mass is 286 g/mol. The summed E-state index contributed by atoms with van der Waals surface area (Å²) < 4.78 is 0. The molecule has 0 aromatic rings. The lowest BCUT2D eigenvalue weighted by molar-refractivity contribution is -0.131. The van der Waals surface area contributed by atoms with Crippen LogP contribution in [-0.2, 0) is 9.59 Å². The molecule has 0 amide bonds. The smallest absolute Gasteiger partial charge is 0.155 e. The molecule has 4 aliphatic rings. The summed E-state index contributed by atoms with van der Waals surface area (Å²) in [4.78, 5) is 24.1. The molecule has 3 fully saturated rings. The van der Waals surface area contributed by atoms with Crippen LogP contribution in [0.1, 0.15) is 58.8 Å². The first kappa shape index (κ1) is 13.7. The number of hydrogen-bond acceptors (Lipinski definition) is 2. The maximum atomic E-state index is 12.4. The van der Waals surface area contributed by atoms with E-state index in [1.165, 1.54) is 18.4 Å². The van der Waals surface area contributed by atoms with Crippen molar-refractivity contribution < 1.29 is 9.59 Å². The van der Waals surface area contributed by atoms with Crippen molar-refractivity contribution in [1.82, 2.24) is 0 Å². The Bertz CT molecular complexity index is 532. The van der Waals surface area contributed by atoms with Crippen molar-refractivity contribution in [3.05, 3.63) is 11.6 Å². The molecule has 0 bridgehead atoms. The van der Waals surface area contributed by atoms with Crippen molar-refractivity contribution in [3.63, 3.8) is 0 Å². The molecule has 2 nitrogen and oxygen atoms in total. The zero-order valence-electron chi connectivity index (χ0n) is 13.2. The van der Waals surface area contributed by atoms with Crippen molar-refractivity contribution in [2.75, 3.05) is 0 Å². The minimum atomic E-state index is -0.0212. The Morgan fingerprint density at radius 3 is 2.71 bits per heavy atom. The normalized spacial score (nSPS) is 49.2. The van der Waals surface area contributed by atoms with E-state index in [1.54, 1.807) is 0 Å². The van der Waals surface area contributed by atoms with Gasteiger partial charge in [-0.05, 0) is 67.8 Å². The molecule has 0 aliphatic heterocycles. The Morgan fingerprint density at radius 2 is 1.90 bits per heavy atom. The average Bonchev–Trinajstić information content (AvgIpc) is 2.76. The molecule has 0 spiro atoms. The van der Waals surface area contributed by atoms with Gasteiger partial charge in [0.1, 0.15) is 5.78 Å². The summed E-state index contributed by atoms with van der Waals surface area (Å²) in [5.41, 5.74) is 1.42. The second-order valence-electron chi connectivity index (χ2n) is 8.24. The molecular formula is C19H26O2. The van der Waals surface area contributed by atoms with E-state index in [2.05, 4.69) is 13.8 Å². The number of Topliss-reactive ketones (excluding diaryl/α,β-unsaturated/α-hetero) is 1. The van der Waals surface area contributed by atoms with E-state index in [4.69, 9.17) is 0 Å². The summed E-state index contributed by atoms with van der Waals surface area (Å²) in [7, 11) is 0. The number of carbonyl (C=O) groups excluding carboxylic acids is 2. The van der Waals surface area contributed by atoms with E-state index in [0.29, 0.717) is 29.3 Å². The van der Waals surface area contributed by atoms with Crippen molar-refractivity contribution in [3.8, 4) is 0 Å². The van der Waals surface area contributed by atoms with E-state index < -0.39 is 0 Å². The van der Waals surface area contributed by atoms with Crippen molar-refractivity contribution in [2.45, 2.75) is 58.8 Å². The Morgan fingerprint density at radius 1 is 1.10 bits per heavy atom. The largest absolute Gasteiger partial charge is 0.299 e. The van der Waals surface area contributed by atoms with E-state index >= 15 is 0 Å². The molecule has 21 heavy (non-hydrogen) atoms. The minimum Gasteiger partial charge on any atom is -0.299 e. The van der Waals surface area contributed by atoms with Crippen LogP contribution in [0.25, 0.3) is 0 Å². The third kappa shape index (κ3) is 1.83. The Hall–Kier alpha value is -0.920. The number of rotatable bonds is 0. The lowest BCUT2D eigenvalue weighted by atomic mass is 9.50. The second kappa shape index (κ2) is 4.54. The van der Waals surface area contributed by atoms with E-state index in [1.807, 2.05) is 6.08 Å². The van der Waals surface area contributed by atoms with Gasteiger partial charge in [0.2, 0.25) is 0 Å². The van der Waals surface area contributed by atoms with Crippen LogP contribution in [0.4, 0.5) is 0 Å². The third-order valence-corrected chi connectivity index (χ3v) is 7.37. The number of allylic oxidation sites excluding steroid dienone is 1. The zero-order valence-corrected chi connectivity index (χ0v) is 13.2. The van der Waals surface area contributed by atoms with Gasteiger partial charge in [-0.3, -0.25) is 9.59 Å². The van der Waals surface area contributed by atoms with E-state index in [0.717, 1.165) is 43.9 Å². The molecule has 4 rings (SSSR count). The maximum Gasteiger partial charge on any atom is 0.155 e. The molecule has 0 unspecified atom stereocenters. The topological polar surface area (TPSA) is 34.1 Å². The molecule has 0 saturated heterocycles. The standard InChI is InChI=1S/C19H26O2/c1-11-9-16-14(13-4-3-12(20)10-15(11)13)7-8-19(2)17(16)5-6-18(19)21/h10-11,13-14,16-17H,3-9H2,1-2H3/t11-,13+,14-,16-,17+,19+/m1/s1. The van der Waals surface area contributed by atoms with Crippen LogP contribution in [0.3, 0.4) is 0 Å². The van der Waals surface area contributed by atoms with Gasteiger partial charge in [-0.15, -0.1) is 0 Å². The second-order valence-corrected chi connectivity index (χ2v) is 8.24. The number of carbonyl (C=O) groups is 2. The zero-order chi connectivity index (χ0) is 14.8. The lowest BCUT2D eigenvalue weighted by Crippen LogP contribution is -2.48. The number of ketones is 2. The molecule has 3 saturated carbocycles. The first-order valence-electron chi connectivity index (χ1n) is 8.78. The summed E-state index contributed by atoms with van der Waals surface area (Å²) in [5.74, 6) is 4.12. The predicted octanol–water partition coefficient (Wildman–Crippen LogP) is 3.94. The van der Waals surface area contributed by atoms with Crippen molar-refractivity contribution in [2.24, 2.45) is 35.0 Å². The first-order chi connectivity index (χ1) is 10.0. The highest BCUT2D eigenvalue weighted by atomic mass is 16.1. The van der Waals surface area contributed by atoms with Gasteiger partial charge in [-0.1, -0.05) is 19.4 Å². The van der Waals surface area contributed by atoms with Crippen molar-refractivity contribution in [1.29, 1.82) is 0 Å². The molecule has 4 aliphatic carbocycles. The van der Waals surface area contributed by atoms with Gasteiger partial charge in [0.15, 0.2) is 5.78 Å². The minimum absolute atomic E-state index is 0.0212. The first-order valence-corrected chi connectivity index (χ1v) is 8.78. The van der Waals surface area contributed by atoms with Crippen LogP contribution in [0.2, 0.25) is 0 Å². The molecule has 114 valence electrons. The van der Waals surface area contributed by atoms with Gasteiger partial charge < -0.3 is 0 Å². The fourth-order valence-electron chi connectivity index (χ4n) is 6.27. The third-order valence-electron chi connectivity index (χ3n) is 7.37. The number of fused-ring (bicyclic) bond motifs is 5. The Balaban J connectivity index is 1.68. The Kier molecular flexibility index (Phi) is 2.96. The summed E-state index contributed by atoms with van der Waals surface area (Å²) in [5, 5.41) is 0. The van der Waals surface area contributed by atoms with E-state index in [-0.39, 0.29) is 5.41 Å². The van der Waals surface area contributed by atoms with Crippen LogP contribution in [0.5, 0.6) is 0 Å². The fourth-order valence-corrected chi connectivity index (χ4v) is 6.27. The Labute approximate surface area is 127 Å². The summed E-state index contributed by atoms with van der Waals surface area (Å²) in [6.45, 7) is 4.54. The molecule has 0 aromatic heterocycles. The summed E-state index contributed by atoms with van der Waals surface area (Å²) in [6.07, 6.45) is 9.20. The van der Waals surface area contributed by atoms with Crippen molar-refractivity contribution >= 4 is 11.6 Å². The van der Waals surface area contributed by atoms with Gasteiger partial charge in [0.25, 0.3) is 0 Å². The average molecular weight is 286 g/mol. The molecule has 0 radical (unpaired) electrons. The molecular weight excluding hydrogens is 260 g/mol. The molecule has 0 heterocycles. The maximum absolute atomic E-state index is 12.4. The van der Waals surface area contributed by atoms with Gasteiger partial charge in [-0.25, -0.2) is 0 Å². The van der Waals surface area contributed by atoms with Crippen LogP contribution < -0.4 is 0 Å². The molecule has 2 heteroatoms. The van der Waals surface area contributed by atoms with Gasteiger partial charge in [-0.2, -0.15) is 0 Å². The summed E-state index contributed by atoms with van der Waals surface area (Å²) >= 11 is 0. The SMILES string of the molecule is C[C@@H]1C[C@@H]2[C@H](CC[C@]3(C)C(=O)CC[C@@H]23)[C@@H]2CCC(=O)C=C12. The van der Waals surface area contributed by atoms with Crippen LogP contribution >= 0.6 is 0 Å². The lowest BCUT2D eigenvalue weighted by Gasteiger charge is -2.53. The van der Waals surface area contributed by atoms with Crippen LogP contribution in [0.15, 0.2) is 11.6 Å². The predicted molar refractivity (Wildman–Crippen MR) is 81.6 cm³/mol. The molecule has 6 atom stereocenters. The quantitative estimate of drug-likeness (QED) is 0.676. The highest BCUT2D eigenvalue weighted by molar-refractivity contribution is 5.91. The highest BCUT2D eigenvalue weighted by Crippen LogP contribution is 2.61. The van der Waals surface area contributed by atoms with Gasteiger partial charge in [0, 0.05) is 18.3 Å². The molecule has 0 aromatic carbocycles. The van der Waals surface area contributed by atoms with Gasteiger partial charge in [0.05, 0.1) is 0 Å². The number of hydrogen-bond donors (Lipinski definition) is 0. The van der Waals surface area contributed by atoms with Crippen LogP contribution in [0, 0.1) is 35.0 Å². The van der Waals surface area contributed by atoms with E-state index in [9.17, 15) is 9.59 Å². The van der Waals surface area contributed by atoms with Crippen LogP contribution in [-0.4, -0.2) is 11.6 Å².